The van der Waals surface area contributed by atoms with Gasteiger partial charge < -0.3 is 23.8 Å². The van der Waals surface area contributed by atoms with Crippen molar-refractivity contribution in [2.24, 2.45) is 0 Å². The first-order valence-corrected chi connectivity index (χ1v) is 13.8. The highest BCUT2D eigenvalue weighted by Gasteiger charge is 2.20. The molecule has 0 saturated carbocycles. The number of hydrogen-bond donors (Lipinski definition) is 0. The first-order valence-electron chi connectivity index (χ1n) is 13.8. The molecule has 1 amide bonds. The average Bonchev–Trinajstić information content (AvgIpc) is 2.98. The summed E-state index contributed by atoms with van der Waals surface area (Å²) in [6, 6.07) is 23.9. The standard InChI is InChI=1S/C32H40N2O5/c1-3-37-30-18-12-15-27-24-33(23-26-13-6-4-7-14-26)20-21-34(19-10-5-11-22-38-32(27)30)31(35)25-39-29-17-9-8-16-28(29)36-2/h4,6-9,12-18H,3,5,10-11,19-25H2,1-2H3. The fraction of sp³-hybridized carbons (Fsp3) is 0.406. The van der Waals surface area contributed by atoms with E-state index in [0.29, 0.717) is 50.9 Å². The molecule has 3 aromatic rings. The van der Waals surface area contributed by atoms with E-state index < -0.39 is 0 Å². The summed E-state index contributed by atoms with van der Waals surface area (Å²) in [5.41, 5.74) is 2.32. The molecule has 39 heavy (non-hydrogen) atoms. The Hall–Kier alpha value is -3.71. The molecule has 7 heteroatoms. The fourth-order valence-corrected chi connectivity index (χ4v) is 4.76. The molecule has 0 fully saturated rings. The molecule has 0 N–H and O–H groups in total. The molecule has 0 spiro atoms. The molecule has 1 aliphatic rings. The molecule has 0 unspecified atom stereocenters. The molecule has 1 aliphatic heterocycles. The first-order chi connectivity index (χ1) is 19.2. The van der Waals surface area contributed by atoms with Gasteiger partial charge in [0.25, 0.3) is 5.91 Å². The van der Waals surface area contributed by atoms with Gasteiger partial charge in [0.1, 0.15) is 0 Å². The number of carbonyl (C=O) groups excluding carboxylic acids is 1. The molecule has 0 aromatic heterocycles. The number of hydrogen-bond acceptors (Lipinski definition) is 6. The number of fused-ring (bicyclic) bond motifs is 1. The zero-order chi connectivity index (χ0) is 27.3. The number of benzene rings is 3. The largest absolute Gasteiger partial charge is 0.493 e. The molecule has 0 atom stereocenters. The number of carbonyl (C=O) groups is 1. The summed E-state index contributed by atoms with van der Waals surface area (Å²) in [6.45, 7) is 6.62. The molecule has 7 nitrogen and oxygen atoms in total. The summed E-state index contributed by atoms with van der Waals surface area (Å²) in [7, 11) is 1.60. The van der Waals surface area contributed by atoms with Crippen LogP contribution in [0.15, 0.2) is 72.8 Å². The Morgan fingerprint density at radius 1 is 0.821 bits per heavy atom. The summed E-state index contributed by atoms with van der Waals surface area (Å²) in [5.74, 6) is 2.79. The van der Waals surface area contributed by atoms with Crippen molar-refractivity contribution in [1.82, 2.24) is 9.80 Å². The maximum Gasteiger partial charge on any atom is 0.260 e. The molecule has 0 bridgehead atoms. The zero-order valence-corrected chi connectivity index (χ0v) is 23.1. The van der Waals surface area contributed by atoms with E-state index in [4.69, 9.17) is 18.9 Å². The average molecular weight is 533 g/mol. The SMILES string of the molecule is CCOc1cccc2c1OCCCCCN(C(=O)COc1ccccc1OC)CCN(Cc1ccccc1)C2. The Balaban J connectivity index is 1.52. The van der Waals surface area contributed by atoms with Crippen molar-refractivity contribution in [3.8, 4) is 23.0 Å². The molecule has 0 radical (unpaired) electrons. The van der Waals surface area contributed by atoms with E-state index in [1.165, 1.54) is 5.56 Å². The lowest BCUT2D eigenvalue weighted by atomic mass is 10.1. The second-order valence-electron chi connectivity index (χ2n) is 9.60. The minimum absolute atomic E-state index is 0.0225. The number of nitrogens with zero attached hydrogens (tertiary/aromatic N) is 2. The van der Waals surface area contributed by atoms with Crippen LogP contribution in [0.2, 0.25) is 0 Å². The Labute approximate surface area is 232 Å². The Bertz CT molecular complexity index is 1170. The molecule has 1 heterocycles. The van der Waals surface area contributed by atoms with Crippen LogP contribution in [0.4, 0.5) is 0 Å². The third-order valence-electron chi connectivity index (χ3n) is 6.78. The lowest BCUT2D eigenvalue weighted by molar-refractivity contribution is -0.133. The highest BCUT2D eigenvalue weighted by Crippen LogP contribution is 2.33. The van der Waals surface area contributed by atoms with Crippen molar-refractivity contribution in [3.63, 3.8) is 0 Å². The second-order valence-corrected chi connectivity index (χ2v) is 9.60. The van der Waals surface area contributed by atoms with Crippen LogP contribution in [0.3, 0.4) is 0 Å². The van der Waals surface area contributed by atoms with Gasteiger partial charge in [0, 0.05) is 38.3 Å². The maximum absolute atomic E-state index is 13.3. The van der Waals surface area contributed by atoms with E-state index >= 15 is 0 Å². The van der Waals surface area contributed by atoms with Crippen molar-refractivity contribution in [3.05, 3.63) is 83.9 Å². The van der Waals surface area contributed by atoms with Crippen LogP contribution in [0.5, 0.6) is 23.0 Å². The fourth-order valence-electron chi connectivity index (χ4n) is 4.76. The van der Waals surface area contributed by atoms with E-state index in [-0.39, 0.29) is 12.5 Å². The molecule has 0 aliphatic carbocycles. The van der Waals surface area contributed by atoms with E-state index in [1.54, 1.807) is 7.11 Å². The van der Waals surface area contributed by atoms with Gasteiger partial charge >= 0.3 is 0 Å². The van der Waals surface area contributed by atoms with Gasteiger partial charge in [-0.2, -0.15) is 0 Å². The van der Waals surface area contributed by atoms with Crippen LogP contribution in [-0.2, 0) is 17.9 Å². The number of amides is 1. The van der Waals surface area contributed by atoms with Crippen LogP contribution >= 0.6 is 0 Å². The predicted molar refractivity (Wildman–Crippen MR) is 153 cm³/mol. The van der Waals surface area contributed by atoms with Gasteiger partial charge in [0.15, 0.2) is 29.6 Å². The maximum atomic E-state index is 13.3. The minimum Gasteiger partial charge on any atom is -0.493 e. The van der Waals surface area contributed by atoms with Crippen molar-refractivity contribution in [2.45, 2.75) is 39.3 Å². The van der Waals surface area contributed by atoms with Crippen LogP contribution in [-0.4, -0.2) is 62.3 Å². The van der Waals surface area contributed by atoms with E-state index in [0.717, 1.165) is 42.9 Å². The third kappa shape index (κ3) is 8.39. The van der Waals surface area contributed by atoms with Gasteiger partial charge in [-0.25, -0.2) is 0 Å². The highest BCUT2D eigenvalue weighted by atomic mass is 16.5. The van der Waals surface area contributed by atoms with Gasteiger partial charge in [0.05, 0.1) is 20.3 Å². The summed E-state index contributed by atoms with van der Waals surface area (Å²) < 4.78 is 23.5. The van der Waals surface area contributed by atoms with Gasteiger partial charge in [-0.15, -0.1) is 0 Å². The first kappa shape index (κ1) is 28.3. The van der Waals surface area contributed by atoms with E-state index in [2.05, 4.69) is 35.2 Å². The van der Waals surface area contributed by atoms with Gasteiger partial charge in [-0.05, 0) is 49.9 Å². The lowest BCUT2D eigenvalue weighted by Gasteiger charge is -2.28. The molecule has 0 saturated heterocycles. The molecule has 208 valence electrons. The lowest BCUT2D eigenvalue weighted by Crippen LogP contribution is -2.41. The minimum atomic E-state index is -0.0251. The number of para-hydroxylation sites is 3. The highest BCUT2D eigenvalue weighted by molar-refractivity contribution is 5.77. The molecule has 4 rings (SSSR count). The summed E-state index contributed by atoms with van der Waals surface area (Å²) in [5, 5.41) is 0. The Morgan fingerprint density at radius 2 is 1.59 bits per heavy atom. The predicted octanol–water partition coefficient (Wildman–Crippen LogP) is 5.57. The smallest absolute Gasteiger partial charge is 0.260 e. The number of methoxy groups -OCH3 is 1. The van der Waals surface area contributed by atoms with Crippen molar-refractivity contribution >= 4 is 5.91 Å². The van der Waals surface area contributed by atoms with Gasteiger partial charge in [-0.1, -0.05) is 54.6 Å². The molecular weight excluding hydrogens is 492 g/mol. The van der Waals surface area contributed by atoms with Gasteiger partial charge in [0.2, 0.25) is 0 Å². The molecule has 3 aromatic carbocycles. The van der Waals surface area contributed by atoms with Crippen LogP contribution < -0.4 is 18.9 Å². The van der Waals surface area contributed by atoms with Crippen LogP contribution in [0.25, 0.3) is 0 Å². The monoisotopic (exact) mass is 532 g/mol. The van der Waals surface area contributed by atoms with Crippen molar-refractivity contribution in [2.75, 3.05) is 46.6 Å². The van der Waals surface area contributed by atoms with Gasteiger partial charge in [-0.3, -0.25) is 9.69 Å². The van der Waals surface area contributed by atoms with Crippen molar-refractivity contribution in [1.29, 1.82) is 0 Å². The Kier molecular flexibility index (Phi) is 10.9. The quantitative estimate of drug-likeness (QED) is 0.378. The molecular formula is C32H40N2O5. The number of ether oxygens (including phenoxy) is 4. The third-order valence-corrected chi connectivity index (χ3v) is 6.78. The van der Waals surface area contributed by atoms with Crippen LogP contribution in [0, 0.1) is 0 Å². The van der Waals surface area contributed by atoms with E-state index in [9.17, 15) is 4.79 Å². The second kappa shape index (κ2) is 15.0. The normalized spacial score (nSPS) is 15.1. The Morgan fingerprint density at radius 3 is 2.38 bits per heavy atom. The number of rotatable bonds is 8. The summed E-state index contributed by atoms with van der Waals surface area (Å²) in [4.78, 5) is 17.6. The van der Waals surface area contributed by atoms with Crippen LogP contribution in [0.1, 0.15) is 37.3 Å². The van der Waals surface area contributed by atoms with Crippen molar-refractivity contribution < 1.29 is 23.7 Å². The summed E-state index contributed by atoms with van der Waals surface area (Å²) >= 11 is 0. The van der Waals surface area contributed by atoms with E-state index in [1.807, 2.05) is 54.3 Å². The zero-order valence-electron chi connectivity index (χ0n) is 23.1. The topological polar surface area (TPSA) is 60.5 Å². The summed E-state index contributed by atoms with van der Waals surface area (Å²) in [6.07, 6.45) is 2.78.